The minimum absolute atomic E-state index is 0.113. The van der Waals surface area contributed by atoms with E-state index in [1.165, 1.54) is 0 Å². The van der Waals surface area contributed by atoms with E-state index in [-0.39, 0.29) is 11.7 Å². The fraction of sp³-hybridized carbons (Fsp3) is 0.800. The lowest BCUT2D eigenvalue weighted by Crippen LogP contribution is -2.39. The summed E-state index contributed by atoms with van der Waals surface area (Å²) < 4.78 is 11.1. The van der Waals surface area contributed by atoms with Crippen LogP contribution in [0.25, 0.3) is 0 Å². The fourth-order valence-electron chi connectivity index (χ4n) is 2.53. The van der Waals surface area contributed by atoms with Gasteiger partial charge < -0.3 is 19.3 Å². The topological polar surface area (TPSA) is 37.3 Å². The van der Waals surface area contributed by atoms with Crippen molar-refractivity contribution in [1.82, 2.24) is 9.80 Å². The zero-order valence-corrected chi connectivity index (χ0v) is 14.1. The van der Waals surface area contributed by atoms with Crippen LogP contribution >= 0.6 is 11.8 Å². The first-order valence-corrected chi connectivity index (χ1v) is 8.82. The minimum Gasteiger partial charge on any atom is -0.381 e. The average molecular weight is 313 g/mol. The lowest BCUT2D eigenvalue weighted by Gasteiger charge is -2.31. The molecule has 0 saturated carbocycles. The first kappa shape index (κ1) is 16.6. The maximum absolute atomic E-state index is 5.96. The van der Waals surface area contributed by atoms with E-state index < -0.39 is 0 Å². The Morgan fingerprint density at radius 1 is 1.43 bits per heavy atom. The average Bonchev–Trinajstić information content (AvgIpc) is 2.96. The van der Waals surface area contributed by atoms with E-state index in [2.05, 4.69) is 35.9 Å². The molecular weight excluding hydrogens is 286 g/mol. The van der Waals surface area contributed by atoms with Crippen LogP contribution in [0.4, 0.5) is 0 Å². The number of nitrogens with zero attached hydrogens (tertiary/aromatic N) is 3. The van der Waals surface area contributed by atoms with Gasteiger partial charge in [0.1, 0.15) is 24.2 Å². The van der Waals surface area contributed by atoms with Gasteiger partial charge in [-0.2, -0.15) is 0 Å². The van der Waals surface area contributed by atoms with Gasteiger partial charge in [-0.25, -0.2) is 4.99 Å². The second-order valence-corrected chi connectivity index (χ2v) is 6.48. The van der Waals surface area contributed by atoms with Gasteiger partial charge in [-0.3, -0.25) is 0 Å². The summed E-state index contributed by atoms with van der Waals surface area (Å²) >= 11 is 1.81. The molecule has 2 heterocycles. The van der Waals surface area contributed by atoms with Crippen LogP contribution in [0.5, 0.6) is 0 Å². The molecule has 0 unspecified atom stereocenters. The predicted molar refractivity (Wildman–Crippen MR) is 88.4 cm³/mol. The third-order valence-corrected chi connectivity index (χ3v) is 4.62. The van der Waals surface area contributed by atoms with Crippen LogP contribution in [-0.4, -0.2) is 66.5 Å². The number of methoxy groups -OCH3 is 1. The second-order valence-electron chi connectivity index (χ2n) is 5.28. The molecule has 0 N–H and O–H groups in total. The molecule has 0 bridgehead atoms. The molecule has 5 nitrogen and oxygen atoms in total. The molecule has 0 aromatic rings. The van der Waals surface area contributed by atoms with Crippen molar-refractivity contribution in [3.63, 3.8) is 0 Å². The summed E-state index contributed by atoms with van der Waals surface area (Å²) in [5.74, 6) is 2.07. The van der Waals surface area contributed by atoms with Crippen LogP contribution in [-0.2, 0) is 9.47 Å². The van der Waals surface area contributed by atoms with E-state index in [0.717, 1.165) is 37.5 Å². The van der Waals surface area contributed by atoms with Crippen LogP contribution in [0.2, 0.25) is 0 Å². The van der Waals surface area contributed by atoms with E-state index >= 15 is 0 Å². The zero-order valence-electron chi connectivity index (χ0n) is 13.3. The molecule has 0 amide bonds. The van der Waals surface area contributed by atoms with E-state index in [9.17, 15) is 0 Å². The van der Waals surface area contributed by atoms with Gasteiger partial charge in [0.25, 0.3) is 0 Å². The van der Waals surface area contributed by atoms with E-state index in [4.69, 9.17) is 14.5 Å². The monoisotopic (exact) mass is 313 g/mol. The number of thioether (sulfide) groups is 1. The lowest BCUT2D eigenvalue weighted by molar-refractivity contribution is -0.0414. The van der Waals surface area contributed by atoms with E-state index in [1.807, 2.05) is 11.8 Å². The van der Waals surface area contributed by atoms with Gasteiger partial charge in [-0.1, -0.05) is 13.8 Å². The molecule has 2 rings (SSSR count). The molecule has 1 saturated heterocycles. The Balaban J connectivity index is 1.86. The van der Waals surface area contributed by atoms with E-state index in [1.54, 1.807) is 7.11 Å². The van der Waals surface area contributed by atoms with Gasteiger partial charge in [0.15, 0.2) is 0 Å². The Hall–Kier alpha value is -0.720. The third-order valence-electron chi connectivity index (χ3n) is 3.53. The Morgan fingerprint density at radius 3 is 2.76 bits per heavy atom. The number of rotatable bonds is 7. The van der Waals surface area contributed by atoms with Crippen molar-refractivity contribution in [3.8, 4) is 0 Å². The second kappa shape index (κ2) is 8.66. The number of amidine groups is 1. The molecule has 0 spiro atoms. The molecule has 0 radical (unpaired) electrons. The number of hydrogen-bond acceptors (Lipinski definition) is 6. The quantitative estimate of drug-likeness (QED) is 0.721. The summed E-state index contributed by atoms with van der Waals surface area (Å²) in [6.07, 6.45) is 6.66. The van der Waals surface area contributed by atoms with E-state index in [0.29, 0.717) is 13.3 Å². The maximum Gasteiger partial charge on any atom is 0.142 e. The zero-order chi connectivity index (χ0) is 15.1. The van der Waals surface area contributed by atoms with Gasteiger partial charge in [-0.05, 0) is 18.9 Å². The molecular formula is C15H27N3O2S. The van der Waals surface area contributed by atoms with Crippen molar-refractivity contribution in [2.45, 2.75) is 38.4 Å². The Bertz CT molecular complexity index is 370. The summed E-state index contributed by atoms with van der Waals surface area (Å²) in [6.45, 7) is 7.89. The van der Waals surface area contributed by atoms with Gasteiger partial charge >= 0.3 is 0 Å². The Kier molecular flexibility index (Phi) is 6.86. The summed E-state index contributed by atoms with van der Waals surface area (Å²) in [6, 6.07) is 0. The standard InChI is InChI=1S/C15H27N3O2S/c1-4-7-17(8-5-2)13-6-9-18(12-16-13)14-11-21-15(20-14)10-19-3/h6,9,14-15H,4-5,7-8,10-12H2,1-3H3/t14-,15+/m1/s1. The van der Waals surface area contributed by atoms with Crippen molar-refractivity contribution in [1.29, 1.82) is 0 Å². The highest BCUT2D eigenvalue weighted by atomic mass is 32.2. The summed E-state index contributed by atoms with van der Waals surface area (Å²) in [7, 11) is 1.71. The van der Waals surface area contributed by atoms with Crippen molar-refractivity contribution < 1.29 is 9.47 Å². The van der Waals surface area contributed by atoms with Crippen molar-refractivity contribution in [2.24, 2.45) is 4.99 Å². The fourth-order valence-corrected chi connectivity index (χ4v) is 3.62. The van der Waals surface area contributed by atoms with Crippen LogP contribution in [0.1, 0.15) is 26.7 Å². The molecule has 0 aromatic heterocycles. The lowest BCUT2D eigenvalue weighted by atomic mass is 10.3. The Labute approximate surface area is 132 Å². The highest BCUT2D eigenvalue weighted by Crippen LogP contribution is 2.28. The van der Waals surface area contributed by atoms with Crippen molar-refractivity contribution >= 4 is 17.6 Å². The van der Waals surface area contributed by atoms with Crippen LogP contribution < -0.4 is 0 Å². The smallest absolute Gasteiger partial charge is 0.142 e. The summed E-state index contributed by atoms with van der Waals surface area (Å²) in [5, 5.41) is 0. The molecule has 6 heteroatoms. The number of hydrogen-bond donors (Lipinski definition) is 0. The normalized spacial score (nSPS) is 25.3. The SMILES string of the molecule is CCCN(CCC)C1=NCN([C@H]2CS[C@@H](COC)O2)C=C1. The first-order valence-electron chi connectivity index (χ1n) is 7.77. The van der Waals surface area contributed by atoms with Crippen molar-refractivity contribution in [2.75, 3.05) is 39.2 Å². The van der Waals surface area contributed by atoms with Gasteiger partial charge in [0.2, 0.25) is 0 Å². The Morgan fingerprint density at radius 2 is 2.19 bits per heavy atom. The number of aliphatic imine (C=N–C) groups is 1. The third kappa shape index (κ3) is 4.63. The van der Waals surface area contributed by atoms with Crippen LogP contribution in [0.3, 0.4) is 0 Å². The molecule has 2 aliphatic heterocycles. The van der Waals surface area contributed by atoms with Gasteiger partial charge in [0.05, 0.1) is 6.61 Å². The molecule has 0 aromatic carbocycles. The molecule has 0 aliphatic carbocycles. The highest BCUT2D eigenvalue weighted by molar-refractivity contribution is 8.00. The minimum atomic E-state index is 0.113. The summed E-state index contributed by atoms with van der Waals surface area (Å²) in [5.41, 5.74) is 0.149. The van der Waals surface area contributed by atoms with Gasteiger partial charge in [0, 0.05) is 32.2 Å². The van der Waals surface area contributed by atoms with Gasteiger partial charge in [-0.15, -0.1) is 11.8 Å². The van der Waals surface area contributed by atoms with Crippen LogP contribution in [0.15, 0.2) is 17.3 Å². The molecule has 1 fully saturated rings. The first-order chi connectivity index (χ1) is 10.3. The predicted octanol–water partition coefficient (Wildman–Crippen LogP) is 2.36. The highest BCUT2D eigenvalue weighted by Gasteiger charge is 2.30. The van der Waals surface area contributed by atoms with Crippen LogP contribution in [0, 0.1) is 0 Å². The molecule has 120 valence electrons. The maximum atomic E-state index is 5.96. The largest absolute Gasteiger partial charge is 0.381 e. The molecule has 2 aliphatic rings. The number of ether oxygens (including phenoxy) is 2. The molecule has 2 atom stereocenters. The summed E-state index contributed by atoms with van der Waals surface area (Å²) in [4.78, 5) is 9.26. The molecule has 21 heavy (non-hydrogen) atoms. The van der Waals surface area contributed by atoms with Crippen molar-refractivity contribution in [3.05, 3.63) is 12.3 Å².